The van der Waals surface area contributed by atoms with Crippen molar-refractivity contribution in [2.45, 2.75) is 41.2 Å². The number of fused-ring (bicyclic) bond motifs is 1. The minimum absolute atomic E-state index is 0.00184. The maximum atomic E-state index is 12.9. The van der Waals surface area contributed by atoms with Crippen LogP contribution in [-0.2, 0) is 11.3 Å². The number of hydrogen-bond donors (Lipinski definition) is 1. The predicted molar refractivity (Wildman–Crippen MR) is 111 cm³/mol. The maximum Gasteiger partial charge on any atom is 0.253 e. The van der Waals surface area contributed by atoms with E-state index < -0.39 is 0 Å². The Morgan fingerprint density at radius 3 is 2.41 bits per heavy atom. The molecule has 1 aromatic heterocycles. The van der Waals surface area contributed by atoms with Gasteiger partial charge in [-0.05, 0) is 61.0 Å². The molecule has 1 heterocycles. The lowest BCUT2D eigenvalue weighted by molar-refractivity contribution is -0.121. The largest absolute Gasteiger partial charge is 0.321 e. The molecule has 3 rings (SSSR count). The lowest BCUT2D eigenvalue weighted by Gasteiger charge is -2.25. The van der Waals surface area contributed by atoms with Gasteiger partial charge in [-0.1, -0.05) is 38.1 Å². The minimum Gasteiger partial charge on any atom is -0.321 e. The Bertz CT molecular complexity index is 1060. The Hall–Kier alpha value is -2.88. The molecule has 27 heavy (non-hydrogen) atoms. The van der Waals surface area contributed by atoms with Crippen molar-refractivity contribution >= 4 is 22.5 Å². The van der Waals surface area contributed by atoms with Gasteiger partial charge in [0.1, 0.15) is 0 Å². The van der Waals surface area contributed by atoms with Crippen LogP contribution in [0.25, 0.3) is 10.9 Å². The van der Waals surface area contributed by atoms with Gasteiger partial charge in [-0.15, -0.1) is 0 Å². The zero-order valence-electron chi connectivity index (χ0n) is 16.6. The first-order valence-electron chi connectivity index (χ1n) is 9.28. The highest BCUT2D eigenvalue weighted by Crippen LogP contribution is 2.23. The molecule has 4 heteroatoms. The first-order valence-corrected chi connectivity index (χ1v) is 9.28. The molecule has 0 aliphatic heterocycles. The summed E-state index contributed by atoms with van der Waals surface area (Å²) in [7, 11) is 0. The van der Waals surface area contributed by atoms with Gasteiger partial charge in [-0.2, -0.15) is 0 Å². The van der Waals surface area contributed by atoms with E-state index in [0.29, 0.717) is 5.56 Å². The number of carbonyl (C=O) groups excluding carboxylic acids is 1. The molecule has 0 saturated carbocycles. The molecule has 0 unspecified atom stereocenters. The summed E-state index contributed by atoms with van der Waals surface area (Å²) in [6, 6.07) is 13.8. The first-order chi connectivity index (χ1) is 12.8. The fourth-order valence-corrected chi connectivity index (χ4v) is 3.22. The van der Waals surface area contributed by atoms with Crippen LogP contribution < -0.4 is 10.5 Å². The average Bonchev–Trinajstić information content (AvgIpc) is 2.62. The molecule has 0 bridgehead atoms. The fourth-order valence-electron chi connectivity index (χ4n) is 3.22. The van der Waals surface area contributed by atoms with Gasteiger partial charge in [0.25, 0.3) is 5.56 Å². The smallest absolute Gasteiger partial charge is 0.253 e. The lowest BCUT2D eigenvalue weighted by Crippen LogP contribution is -2.35. The molecule has 4 nitrogen and oxygen atoms in total. The van der Waals surface area contributed by atoms with Crippen LogP contribution in [0.3, 0.4) is 0 Å². The molecule has 0 atom stereocenters. The van der Waals surface area contributed by atoms with Crippen molar-refractivity contribution in [1.29, 1.82) is 0 Å². The number of anilines is 1. The van der Waals surface area contributed by atoms with Gasteiger partial charge >= 0.3 is 0 Å². The van der Waals surface area contributed by atoms with E-state index in [-0.39, 0.29) is 23.9 Å². The summed E-state index contributed by atoms with van der Waals surface area (Å²) in [6.45, 7) is 10.1. The Kier molecular flexibility index (Phi) is 5.17. The normalized spacial score (nSPS) is 11.2. The van der Waals surface area contributed by atoms with Crippen LogP contribution in [-0.4, -0.2) is 10.9 Å². The molecule has 0 aliphatic carbocycles. The third-order valence-corrected chi connectivity index (χ3v) is 5.06. The average molecular weight is 362 g/mol. The van der Waals surface area contributed by atoms with Gasteiger partial charge in [0.05, 0.1) is 12.1 Å². The van der Waals surface area contributed by atoms with E-state index in [1.165, 1.54) is 5.56 Å². The van der Waals surface area contributed by atoms with Crippen molar-refractivity contribution in [1.82, 2.24) is 4.98 Å². The molecule has 0 spiro atoms. The summed E-state index contributed by atoms with van der Waals surface area (Å²) in [5.41, 5.74) is 5.43. The van der Waals surface area contributed by atoms with Crippen molar-refractivity contribution < 1.29 is 4.79 Å². The van der Waals surface area contributed by atoms with Gasteiger partial charge < -0.3 is 9.88 Å². The molecule has 3 aromatic rings. The molecule has 140 valence electrons. The number of benzene rings is 2. The van der Waals surface area contributed by atoms with Crippen LogP contribution in [0.4, 0.5) is 5.69 Å². The third kappa shape index (κ3) is 3.80. The van der Waals surface area contributed by atoms with Crippen molar-refractivity contribution in [3.05, 3.63) is 75.1 Å². The van der Waals surface area contributed by atoms with Crippen molar-refractivity contribution in [2.24, 2.45) is 5.92 Å². The molecule has 0 radical (unpaired) electrons. The molecule has 0 fully saturated rings. The maximum absolute atomic E-state index is 12.9. The van der Waals surface area contributed by atoms with Crippen LogP contribution in [0.5, 0.6) is 0 Å². The summed E-state index contributed by atoms with van der Waals surface area (Å²) in [6.07, 6.45) is 0. The summed E-state index contributed by atoms with van der Waals surface area (Å²) in [5, 5.41) is 0.974. The van der Waals surface area contributed by atoms with E-state index in [9.17, 15) is 9.59 Å². The molecule has 1 N–H and O–H groups in total. The number of hydrogen-bond acceptors (Lipinski definition) is 2. The number of nitrogens with one attached hydrogen (secondary N) is 1. The fraction of sp³-hybridized carbons (Fsp3) is 0.304. The number of pyridine rings is 1. The summed E-state index contributed by atoms with van der Waals surface area (Å²) < 4.78 is 0. The second-order valence-corrected chi connectivity index (χ2v) is 7.51. The first kappa shape index (κ1) is 18.9. The summed E-state index contributed by atoms with van der Waals surface area (Å²) >= 11 is 0. The molecule has 2 aromatic carbocycles. The zero-order chi connectivity index (χ0) is 19.7. The van der Waals surface area contributed by atoms with Crippen LogP contribution in [0.1, 0.15) is 36.1 Å². The van der Waals surface area contributed by atoms with E-state index in [1.807, 2.05) is 77.1 Å². The Balaban J connectivity index is 2.08. The van der Waals surface area contributed by atoms with E-state index >= 15 is 0 Å². The van der Waals surface area contributed by atoms with E-state index in [2.05, 4.69) is 4.98 Å². The van der Waals surface area contributed by atoms with Gasteiger partial charge in [0.2, 0.25) is 5.91 Å². The molecular weight excluding hydrogens is 336 g/mol. The van der Waals surface area contributed by atoms with Crippen LogP contribution in [0.2, 0.25) is 0 Å². The molecule has 0 saturated heterocycles. The topological polar surface area (TPSA) is 53.2 Å². The zero-order valence-corrected chi connectivity index (χ0v) is 16.6. The van der Waals surface area contributed by atoms with Gasteiger partial charge in [0.15, 0.2) is 0 Å². The number of para-hydroxylation sites is 1. The summed E-state index contributed by atoms with van der Waals surface area (Å²) in [4.78, 5) is 30.2. The number of nitrogens with zero attached hydrogens (tertiary/aromatic N) is 1. The van der Waals surface area contributed by atoms with Gasteiger partial charge in [-0.3, -0.25) is 9.59 Å². The standard InChI is InChI=1S/C23H26N2O2/c1-14(2)23(27)25(20-10-9-15(3)17(5)11-20)13-19-12-18-8-6-7-16(4)21(18)24-22(19)26/h6-12,14H,13H2,1-5H3,(H,24,26). The highest BCUT2D eigenvalue weighted by molar-refractivity contribution is 5.94. The molecule has 1 amide bonds. The highest BCUT2D eigenvalue weighted by atomic mass is 16.2. The summed E-state index contributed by atoms with van der Waals surface area (Å²) in [5.74, 6) is -0.157. The number of aromatic amines is 1. The second-order valence-electron chi connectivity index (χ2n) is 7.51. The lowest BCUT2D eigenvalue weighted by atomic mass is 10.1. The molecule has 0 aliphatic rings. The quantitative estimate of drug-likeness (QED) is 0.735. The Morgan fingerprint density at radius 1 is 1.00 bits per heavy atom. The number of aromatic nitrogens is 1. The Morgan fingerprint density at radius 2 is 1.74 bits per heavy atom. The van der Waals surface area contributed by atoms with Crippen LogP contribution >= 0.6 is 0 Å². The highest BCUT2D eigenvalue weighted by Gasteiger charge is 2.21. The van der Waals surface area contributed by atoms with Gasteiger partial charge in [-0.25, -0.2) is 0 Å². The SMILES string of the molecule is Cc1ccc(N(Cc2cc3cccc(C)c3[nH]c2=O)C(=O)C(C)C)cc1C. The Labute approximate surface area is 159 Å². The number of aryl methyl sites for hydroxylation is 3. The van der Waals surface area contributed by atoms with E-state index in [4.69, 9.17) is 0 Å². The van der Waals surface area contributed by atoms with Gasteiger partial charge in [0, 0.05) is 17.2 Å². The third-order valence-electron chi connectivity index (χ3n) is 5.06. The number of amides is 1. The van der Waals surface area contributed by atoms with E-state index in [1.54, 1.807) is 4.90 Å². The minimum atomic E-state index is -0.159. The van der Waals surface area contributed by atoms with Crippen molar-refractivity contribution in [2.75, 3.05) is 4.90 Å². The second kappa shape index (κ2) is 7.39. The number of rotatable bonds is 4. The number of carbonyl (C=O) groups is 1. The molecular formula is C23H26N2O2. The van der Waals surface area contributed by atoms with Crippen LogP contribution in [0, 0.1) is 26.7 Å². The van der Waals surface area contributed by atoms with Crippen molar-refractivity contribution in [3.8, 4) is 0 Å². The van der Waals surface area contributed by atoms with E-state index in [0.717, 1.165) is 27.7 Å². The van der Waals surface area contributed by atoms with Crippen LogP contribution in [0.15, 0.2) is 47.3 Å². The predicted octanol–water partition coefficient (Wildman–Crippen LogP) is 4.64. The number of H-pyrrole nitrogens is 1. The van der Waals surface area contributed by atoms with Crippen molar-refractivity contribution in [3.63, 3.8) is 0 Å². The monoisotopic (exact) mass is 362 g/mol.